The van der Waals surface area contributed by atoms with Gasteiger partial charge in [-0.1, -0.05) is 27.5 Å². The zero-order chi connectivity index (χ0) is 28.3. The molecule has 7 nitrogen and oxygen atoms in total. The maximum atomic E-state index is 13.4. The minimum Gasteiger partial charge on any atom is -0.358 e. The first-order chi connectivity index (χ1) is 17.4. The molecule has 2 aliphatic heterocycles. The van der Waals surface area contributed by atoms with E-state index in [9.17, 15) is 43.2 Å². The molecule has 210 valence electrons. The van der Waals surface area contributed by atoms with Gasteiger partial charge in [-0.3, -0.25) is 0 Å². The predicted molar refractivity (Wildman–Crippen MR) is 126 cm³/mol. The van der Waals surface area contributed by atoms with Gasteiger partial charge in [0.25, 0.3) is 0 Å². The number of piperidine rings is 1. The molecule has 0 amide bonds. The van der Waals surface area contributed by atoms with E-state index in [4.69, 9.17) is 16.3 Å². The van der Waals surface area contributed by atoms with Crippen LogP contribution >= 0.6 is 27.5 Å². The largest absolute Gasteiger partial charge is 0.417 e. The van der Waals surface area contributed by atoms with Crippen LogP contribution in [-0.4, -0.2) is 57.4 Å². The Morgan fingerprint density at radius 3 is 1.92 bits per heavy atom. The van der Waals surface area contributed by atoms with E-state index < -0.39 is 64.1 Å². The predicted octanol–water partition coefficient (Wildman–Crippen LogP) is 5.34. The van der Waals surface area contributed by atoms with Crippen molar-refractivity contribution < 1.29 is 47.9 Å². The quantitative estimate of drug-likeness (QED) is 0.410. The molecule has 0 bridgehead atoms. The first kappa shape index (κ1) is 29.6. The number of benzene rings is 2. The maximum Gasteiger partial charge on any atom is 0.417 e. The van der Waals surface area contributed by atoms with Crippen LogP contribution in [0.1, 0.15) is 24.0 Å². The summed E-state index contributed by atoms with van der Waals surface area (Å²) in [6, 6.07) is 4.67. The van der Waals surface area contributed by atoms with Crippen molar-refractivity contribution in [3.05, 3.63) is 57.0 Å². The Bertz CT molecular complexity index is 1460. The lowest BCUT2D eigenvalue weighted by Crippen LogP contribution is -2.55. The van der Waals surface area contributed by atoms with Crippen LogP contribution in [0.4, 0.5) is 26.3 Å². The second kappa shape index (κ2) is 9.89. The maximum absolute atomic E-state index is 13.4. The van der Waals surface area contributed by atoms with Crippen molar-refractivity contribution in [2.75, 3.05) is 26.2 Å². The van der Waals surface area contributed by atoms with E-state index in [2.05, 4.69) is 15.9 Å². The molecule has 0 N–H and O–H groups in total. The van der Waals surface area contributed by atoms with Gasteiger partial charge in [-0.15, -0.1) is 0 Å². The van der Waals surface area contributed by atoms with E-state index in [1.165, 1.54) is 0 Å². The van der Waals surface area contributed by atoms with E-state index in [0.29, 0.717) is 12.1 Å². The van der Waals surface area contributed by atoms with Crippen LogP contribution in [0.5, 0.6) is 0 Å². The van der Waals surface area contributed by atoms with Gasteiger partial charge in [-0.25, -0.2) is 16.8 Å². The third-order valence-electron chi connectivity index (χ3n) is 6.34. The Kier molecular flexibility index (Phi) is 7.69. The van der Waals surface area contributed by atoms with Crippen LogP contribution in [-0.2, 0) is 37.1 Å². The third-order valence-corrected chi connectivity index (χ3v) is 11.2. The van der Waals surface area contributed by atoms with Crippen molar-refractivity contribution in [2.24, 2.45) is 0 Å². The minimum atomic E-state index is -4.90. The summed E-state index contributed by atoms with van der Waals surface area (Å²) in [7, 11) is -8.92. The molecule has 4 rings (SSSR count). The molecular formula is C21H18BrClF6N2O5S2. The monoisotopic (exact) mass is 670 g/mol. The van der Waals surface area contributed by atoms with Crippen LogP contribution < -0.4 is 0 Å². The average Bonchev–Trinajstić information content (AvgIpc) is 3.21. The normalized spacial score (nSPS) is 19.8. The zero-order valence-electron chi connectivity index (χ0n) is 19.0. The van der Waals surface area contributed by atoms with Crippen molar-refractivity contribution >= 4 is 47.6 Å². The molecule has 2 aromatic rings. The molecule has 0 atom stereocenters. The van der Waals surface area contributed by atoms with Crippen molar-refractivity contribution in [1.29, 1.82) is 0 Å². The number of sulfonamides is 2. The Labute approximate surface area is 227 Å². The zero-order valence-corrected chi connectivity index (χ0v) is 23.0. The van der Waals surface area contributed by atoms with Crippen molar-refractivity contribution in [2.45, 2.75) is 40.7 Å². The first-order valence-corrected chi connectivity index (χ1v) is 14.9. The fraction of sp³-hybridized carbons (Fsp3) is 0.429. The van der Waals surface area contributed by atoms with Gasteiger partial charge in [0, 0.05) is 36.9 Å². The Morgan fingerprint density at radius 2 is 1.34 bits per heavy atom. The van der Waals surface area contributed by atoms with Crippen molar-refractivity contribution in [3.8, 4) is 0 Å². The van der Waals surface area contributed by atoms with E-state index in [1.807, 2.05) is 0 Å². The number of hydrogen-bond acceptors (Lipinski definition) is 5. The molecule has 2 saturated heterocycles. The van der Waals surface area contributed by atoms with E-state index in [1.54, 1.807) is 0 Å². The highest BCUT2D eigenvalue weighted by Gasteiger charge is 2.52. The van der Waals surface area contributed by atoms with Gasteiger partial charge in [-0.2, -0.15) is 35.0 Å². The summed E-state index contributed by atoms with van der Waals surface area (Å²) >= 11 is 8.36. The third kappa shape index (κ3) is 5.32. The van der Waals surface area contributed by atoms with Gasteiger partial charge in [0.05, 0.1) is 32.5 Å². The Hall–Kier alpha value is -1.43. The summed E-state index contributed by atoms with van der Waals surface area (Å²) in [5, 5.41) is -0.677. The number of rotatable bonds is 4. The van der Waals surface area contributed by atoms with E-state index >= 15 is 0 Å². The highest BCUT2D eigenvalue weighted by Crippen LogP contribution is 2.42. The molecule has 0 aliphatic carbocycles. The topological polar surface area (TPSA) is 84.0 Å². The SMILES string of the molecule is O=S(=O)(c1ccc(Br)c(C(F)(F)F)c1)N1CCC2(CC1)OCCN2S(=O)(=O)c1ccc(Cl)c(C(F)(F)F)c1. The highest BCUT2D eigenvalue weighted by atomic mass is 79.9. The lowest BCUT2D eigenvalue weighted by molar-refractivity contribution is -0.138. The molecule has 2 aliphatic rings. The van der Waals surface area contributed by atoms with Gasteiger partial charge in [0.15, 0.2) is 0 Å². The second-order valence-electron chi connectivity index (χ2n) is 8.55. The summed E-state index contributed by atoms with van der Waals surface area (Å²) < 4.78 is 140. The summed E-state index contributed by atoms with van der Waals surface area (Å²) in [5.41, 5.74) is -4.05. The van der Waals surface area contributed by atoms with Gasteiger partial charge in [0.2, 0.25) is 20.0 Å². The van der Waals surface area contributed by atoms with Crippen LogP contribution in [0.15, 0.2) is 50.7 Å². The van der Waals surface area contributed by atoms with Gasteiger partial charge in [0.1, 0.15) is 5.72 Å². The number of alkyl halides is 6. The molecule has 38 heavy (non-hydrogen) atoms. The van der Waals surface area contributed by atoms with Crippen molar-refractivity contribution in [3.63, 3.8) is 0 Å². The van der Waals surface area contributed by atoms with Gasteiger partial charge in [-0.05, 0) is 36.4 Å². The summed E-state index contributed by atoms with van der Waals surface area (Å²) in [5.74, 6) is 0. The molecule has 0 unspecified atom stereocenters. The standard InChI is InChI=1S/C21H18BrClF6N2O5S2/c22-17-3-1-13(11-15(17)20(24,25)26)37(32,33)30-7-5-19(6-8-30)31(9-10-36-19)38(34,35)14-2-4-18(23)16(12-14)21(27,28)29/h1-4,11-12H,5-10H2. The number of ether oxygens (including phenoxy) is 1. The molecule has 2 aromatic carbocycles. The fourth-order valence-electron chi connectivity index (χ4n) is 4.44. The average molecular weight is 672 g/mol. The molecule has 0 aromatic heterocycles. The van der Waals surface area contributed by atoms with Crippen LogP contribution in [0, 0.1) is 0 Å². The molecule has 2 heterocycles. The van der Waals surface area contributed by atoms with Crippen LogP contribution in [0.2, 0.25) is 5.02 Å². The fourth-order valence-corrected chi connectivity index (χ4v) is 8.36. The molecular weight excluding hydrogens is 654 g/mol. The second-order valence-corrected chi connectivity index (χ2v) is 13.6. The number of halogens is 8. The highest BCUT2D eigenvalue weighted by molar-refractivity contribution is 9.10. The lowest BCUT2D eigenvalue weighted by Gasteiger charge is -2.42. The smallest absolute Gasteiger partial charge is 0.358 e. The summed E-state index contributed by atoms with van der Waals surface area (Å²) in [6.45, 7) is -0.894. The molecule has 0 saturated carbocycles. The minimum absolute atomic E-state index is 0.0899. The van der Waals surface area contributed by atoms with Crippen molar-refractivity contribution in [1.82, 2.24) is 8.61 Å². The van der Waals surface area contributed by atoms with Gasteiger partial charge < -0.3 is 4.74 Å². The van der Waals surface area contributed by atoms with E-state index in [0.717, 1.165) is 32.9 Å². The van der Waals surface area contributed by atoms with E-state index in [-0.39, 0.29) is 43.6 Å². The summed E-state index contributed by atoms with van der Waals surface area (Å²) in [6.07, 6.45) is -10.1. The van der Waals surface area contributed by atoms with Gasteiger partial charge >= 0.3 is 12.4 Å². The molecule has 0 radical (unpaired) electrons. The molecule has 17 heteroatoms. The first-order valence-electron chi connectivity index (χ1n) is 10.8. The number of hydrogen-bond donors (Lipinski definition) is 0. The Morgan fingerprint density at radius 1 is 0.816 bits per heavy atom. The molecule has 2 fully saturated rings. The Balaban J connectivity index is 1.60. The molecule has 1 spiro atoms. The number of nitrogens with zero attached hydrogens (tertiary/aromatic N) is 2. The van der Waals surface area contributed by atoms with Crippen LogP contribution in [0.25, 0.3) is 0 Å². The van der Waals surface area contributed by atoms with Crippen LogP contribution in [0.3, 0.4) is 0 Å². The summed E-state index contributed by atoms with van der Waals surface area (Å²) in [4.78, 5) is -1.26. The lowest BCUT2D eigenvalue weighted by atomic mass is 10.0.